The molecule has 0 amide bonds. The fraction of sp³-hybridized carbons (Fsp3) is 0.900. The SMILES string of the molecule is CCP(=O)(CC)C(Br)(Br)C(=O)OC(C)(C)C. The van der Waals surface area contributed by atoms with E-state index in [4.69, 9.17) is 4.74 Å². The predicted molar refractivity (Wildman–Crippen MR) is 75.1 cm³/mol. The van der Waals surface area contributed by atoms with E-state index in [1.807, 2.05) is 13.8 Å². The van der Waals surface area contributed by atoms with Crippen LogP contribution in [0, 0.1) is 0 Å². The van der Waals surface area contributed by atoms with Crippen molar-refractivity contribution in [1.82, 2.24) is 0 Å². The molecule has 0 unspecified atom stereocenters. The Kier molecular flexibility index (Phi) is 5.76. The van der Waals surface area contributed by atoms with Crippen LogP contribution in [0.3, 0.4) is 0 Å². The molecule has 0 rings (SSSR count). The van der Waals surface area contributed by atoms with Crippen molar-refractivity contribution in [3.8, 4) is 0 Å². The molecule has 0 aliphatic carbocycles. The summed E-state index contributed by atoms with van der Waals surface area (Å²) in [4.78, 5) is 12.0. The Morgan fingerprint density at radius 2 is 1.56 bits per heavy atom. The molecular weight excluding hydrogens is 359 g/mol. The number of ether oxygens (including phenoxy) is 1. The largest absolute Gasteiger partial charge is 0.458 e. The molecule has 0 fully saturated rings. The Labute approximate surface area is 114 Å². The summed E-state index contributed by atoms with van der Waals surface area (Å²) in [6.07, 6.45) is 0.887. The third-order valence-electron chi connectivity index (χ3n) is 2.18. The van der Waals surface area contributed by atoms with Crippen molar-refractivity contribution >= 4 is 45.0 Å². The van der Waals surface area contributed by atoms with Gasteiger partial charge in [0.05, 0.1) is 0 Å². The van der Waals surface area contributed by atoms with Gasteiger partial charge in [-0.15, -0.1) is 0 Å². The molecular formula is C10H19Br2O3P. The summed E-state index contributed by atoms with van der Waals surface area (Å²) in [5.74, 6) is -0.521. The molecule has 0 heterocycles. The first-order chi connectivity index (χ1) is 7.00. The molecule has 3 nitrogen and oxygen atoms in total. The van der Waals surface area contributed by atoms with Crippen LogP contribution in [0.15, 0.2) is 0 Å². The van der Waals surface area contributed by atoms with Crippen LogP contribution in [0.1, 0.15) is 34.6 Å². The molecule has 6 heteroatoms. The Morgan fingerprint density at radius 3 is 1.81 bits per heavy atom. The zero-order valence-corrected chi connectivity index (χ0v) is 14.4. The first-order valence-corrected chi connectivity index (χ1v) is 8.86. The molecule has 0 bridgehead atoms. The summed E-state index contributed by atoms with van der Waals surface area (Å²) in [5, 5.41) is 0. The topological polar surface area (TPSA) is 43.4 Å². The molecule has 0 N–H and O–H groups in total. The molecule has 0 saturated heterocycles. The van der Waals surface area contributed by atoms with Gasteiger partial charge in [-0.1, -0.05) is 45.7 Å². The maximum atomic E-state index is 12.5. The van der Waals surface area contributed by atoms with Gasteiger partial charge in [0.25, 0.3) is 0 Å². The number of hydrogen-bond acceptors (Lipinski definition) is 3. The monoisotopic (exact) mass is 376 g/mol. The van der Waals surface area contributed by atoms with E-state index in [0.717, 1.165) is 0 Å². The molecule has 0 aromatic carbocycles. The van der Waals surface area contributed by atoms with Crippen LogP contribution in [-0.2, 0) is 14.1 Å². The molecule has 0 saturated carbocycles. The second-order valence-electron chi connectivity index (χ2n) is 4.56. The summed E-state index contributed by atoms with van der Waals surface area (Å²) >= 11 is 6.44. The van der Waals surface area contributed by atoms with Gasteiger partial charge in [0.15, 0.2) is 0 Å². The van der Waals surface area contributed by atoms with Gasteiger partial charge in [0.2, 0.25) is 2.97 Å². The normalized spacial score (nSPS) is 13.7. The van der Waals surface area contributed by atoms with Gasteiger partial charge in [-0.25, -0.2) is 4.79 Å². The smallest absolute Gasteiger partial charge is 0.342 e. The highest BCUT2D eigenvalue weighted by Gasteiger charge is 2.50. The maximum absolute atomic E-state index is 12.5. The quantitative estimate of drug-likeness (QED) is 0.419. The van der Waals surface area contributed by atoms with E-state index in [9.17, 15) is 9.36 Å². The number of carbonyl (C=O) groups is 1. The molecule has 0 radical (unpaired) electrons. The van der Waals surface area contributed by atoms with Crippen LogP contribution < -0.4 is 0 Å². The molecule has 16 heavy (non-hydrogen) atoms. The van der Waals surface area contributed by atoms with Gasteiger partial charge in [-0.3, -0.25) is 0 Å². The number of hydrogen-bond donors (Lipinski definition) is 0. The Hall–Kier alpha value is 0.660. The highest BCUT2D eigenvalue weighted by atomic mass is 79.9. The van der Waals surface area contributed by atoms with Crippen molar-refractivity contribution in [2.45, 2.75) is 43.2 Å². The Bertz CT molecular complexity index is 300. The van der Waals surface area contributed by atoms with Crippen LogP contribution in [0.25, 0.3) is 0 Å². The van der Waals surface area contributed by atoms with Crippen LogP contribution >= 0.6 is 39.0 Å². The van der Waals surface area contributed by atoms with E-state index in [0.29, 0.717) is 12.3 Å². The molecule has 0 aliphatic rings. The number of alkyl halides is 2. The first-order valence-electron chi connectivity index (χ1n) is 5.19. The van der Waals surface area contributed by atoms with Gasteiger partial charge in [0.1, 0.15) is 12.7 Å². The Balaban J connectivity index is 5.06. The minimum Gasteiger partial charge on any atom is -0.458 e. The number of esters is 1. The highest BCUT2D eigenvalue weighted by Crippen LogP contribution is 2.64. The zero-order valence-electron chi connectivity index (χ0n) is 10.3. The van der Waals surface area contributed by atoms with Crippen LogP contribution in [0.2, 0.25) is 0 Å². The van der Waals surface area contributed by atoms with Crippen LogP contribution in [0.4, 0.5) is 0 Å². The minimum absolute atomic E-state index is 0.444. The minimum atomic E-state index is -2.67. The molecule has 0 aromatic heterocycles. The van der Waals surface area contributed by atoms with E-state index in [1.165, 1.54) is 0 Å². The van der Waals surface area contributed by atoms with E-state index < -0.39 is 21.7 Å². The standard InChI is InChI=1S/C10H19Br2O3P/c1-6-16(14,7-2)10(11,12)8(13)15-9(3,4)5/h6-7H2,1-5H3. The fourth-order valence-corrected chi connectivity index (χ4v) is 5.92. The molecule has 0 aromatic rings. The van der Waals surface area contributed by atoms with Crippen molar-refractivity contribution in [3.63, 3.8) is 0 Å². The van der Waals surface area contributed by atoms with E-state index in [1.54, 1.807) is 20.8 Å². The van der Waals surface area contributed by atoms with Crippen molar-refractivity contribution < 1.29 is 14.1 Å². The summed E-state index contributed by atoms with van der Waals surface area (Å²) in [6.45, 7) is 8.97. The molecule has 96 valence electrons. The van der Waals surface area contributed by atoms with Gasteiger partial charge >= 0.3 is 5.97 Å². The van der Waals surface area contributed by atoms with E-state index in [-0.39, 0.29) is 0 Å². The highest BCUT2D eigenvalue weighted by molar-refractivity contribution is 9.27. The van der Waals surface area contributed by atoms with Gasteiger partial charge in [-0.2, -0.15) is 0 Å². The number of carbonyl (C=O) groups excluding carboxylic acids is 1. The van der Waals surface area contributed by atoms with Gasteiger partial charge in [-0.05, 0) is 20.8 Å². The lowest BCUT2D eigenvalue weighted by Crippen LogP contribution is -2.35. The predicted octanol–water partition coefficient (Wildman–Crippen LogP) is 4.17. The van der Waals surface area contributed by atoms with Gasteiger partial charge < -0.3 is 9.30 Å². The second-order valence-corrected chi connectivity index (χ2v) is 12.9. The van der Waals surface area contributed by atoms with Crippen molar-refractivity contribution in [2.75, 3.05) is 12.3 Å². The maximum Gasteiger partial charge on any atom is 0.342 e. The first kappa shape index (κ1) is 16.7. The lowest BCUT2D eigenvalue weighted by molar-refractivity contribution is -0.152. The lowest BCUT2D eigenvalue weighted by Gasteiger charge is -2.31. The second kappa shape index (κ2) is 5.53. The number of rotatable bonds is 4. The Morgan fingerprint density at radius 1 is 1.19 bits per heavy atom. The average Bonchev–Trinajstić information content (AvgIpc) is 2.13. The third kappa shape index (κ3) is 3.85. The summed E-state index contributed by atoms with van der Waals surface area (Å²) < 4.78 is 16.5. The van der Waals surface area contributed by atoms with Crippen molar-refractivity contribution in [1.29, 1.82) is 0 Å². The zero-order chi connectivity index (χ0) is 13.2. The van der Waals surface area contributed by atoms with E-state index in [2.05, 4.69) is 31.9 Å². The van der Waals surface area contributed by atoms with Crippen molar-refractivity contribution in [3.05, 3.63) is 0 Å². The molecule has 0 spiro atoms. The lowest BCUT2D eigenvalue weighted by atomic mass is 10.2. The molecule has 0 aliphatic heterocycles. The average molecular weight is 378 g/mol. The van der Waals surface area contributed by atoms with Crippen LogP contribution in [-0.4, -0.2) is 26.9 Å². The molecule has 0 atom stereocenters. The summed E-state index contributed by atoms with van der Waals surface area (Å²) in [6, 6.07) is 0. The summed E-state index contributed by atoms with van der Waals surface area (Å²) in [5.41, 5.74) is -0.587. The number of halogens is 2. The fourth-order valence-electron chi connectivity index (χ4n) is 1.13. The summed E-state index contributed by atoms with van der Waals surface area (Å²) in [7, 11) is -2.67. The van der Waals surface area contributed by atoms with E-state index >= 15 is 0 Å². The van der Waals surface area contributed by atoms with Crippen LogP contribution in [0.5, 0.6) is 0 Å². The van der Waals surface area contributed by atoms with Crippen molar-refractivity contribution in [2.24, 2.45) is 0 Å². The van der Waals surface area contributed by atoms with Gasteiger partial charge in [0, 0.05) is 12.3 Å². The third-order valence-corrected chi connectivity index (χ3v) is 9.95.